The van der Waals surface area contributed by atoms with Crippen molar-refractivity contribution in [3.63, 3.8) is 0 Å². The molecule has 3 heterocycles. The number of rotatable bonds is 6. The number of aromatic carboxylic acids is 1. The average molecular weight is 495 g/mol. The molecule has 6 rings (SSSR count). The minimum Gasteiger partial charge on any atom is -0.496 e. The molecule has 2 N–H and O–H groups in total. The predicted octanol–water partition coefficient (Wildman–Crippen LogP) is 6.11. The molecular weight excluding hydrogens is 464 g/mol. The largest absolute Gasteiger partial charge is 0.496 e. The van der Waals surface area contributed by atoms with Gasteiger partial charge in [0.25, 0.3) is 0 Å². The van der Waals surface area contributed by atoms with E-state index in [0.717, 1.165) is 59.2 Å². The van der Waals surface area contributed by atoms with Crippen molar-refractivity contribution in [1.82, 2.24) is 19.7 Å². The third kappa shape index (κ3) is 4.25. The summed E-state index contributed by atoms with van der Waals surface area (Å²) in [6, 6.07) is 20.1. The number of hydrogen-bond donors (Lipinski definition) is 2. The molecule has 2 aromatic heterocycles. The number of hydrogen-bond acceptors (Lipinski definition) is 4. The highest BCUT2D eigenvalue weighted by atomic mass is 16.5. The van der Waals surface area contributed by atoms with Crippen LogP contribution in [-0.2, 0) is 6.54 Å². The Kier molecular flexibility index (Phi) is 5.93. The molecule has 2 atom stereocenters. The summed E-state index contributed by atoms with van der Waals surface area (Å²) in [5.74, 6) is -0.0163. The number of benzene rings is 3. The lowest BCUT2D eigenvalue weighted by Crippen LogP contribution is -2.37. The molecule has 1 fully saturated rings. The van der Waals surface area contributed by atoms with Crippen LogP contribution in [0.4, 0.5) is 0 Å². The maximum absolute atomic E-state index is 11.5. The van der Waals surface area contributed by atoms with Crippen molar-refractivity contribution in [3.8, 4) is 5.75 Å². The number of ether oxygens (including phenoxy) is 1. The number of likely N-dealkylation sites (tertiary alicyclic amines) is 1. The first-order valence-corrected chi connectivity index (χ1v) is 12.7. The summed E-state index contributed by atoms with van der Waals surface area (Å²) < 4.78 is 7.95. The van der Waals surface area contributed by atoms with Crippen LogP contribution in [0.1, 0.15) is 52.0 Å². The molecule has 7 nitrogen and oxygen atoms in total. The van der Waals surface area contributed by atoms with Crippen LogP contribution in [0.25, 0.3) is 21.8 Å². The third-order valence-electron chi connectivity index (χ3n) is 7.73. The van der Waals surface area contributed by atoms with Crippen LogP contribution in [0.2, 0.25) is 0 Å². The number of carbonyl (C=O) groups is 1. The zero-order valence-electron chi connectivity index (χ0n) is 21.0. The molecule has 1 unspecified atom stereocenters. The number of aryl methyl sites for hydroxylation is 1. The summed E-state index contributed by atoms with van der Waals surface area (Å²) in [7, 11) is 1.73. The number of nitrogens with zero attached hydrogens (tertiary/aromatic N) is 3. The Morgan fingerprint density at radius 2 is 1.97 bits per heavy atom. The van der Waals surface area contributed by atoms with Crippen LogP contribution in [0.5, 0.6) is 5.75 Å². The zero-order chi connectivity index (χ0) is 25.5. The first-order valence-electron chi connectivity index (χ1n) is 12.7. The number of methoxy groups -OCH3 is 1. The number of fused-ring (bicyclic) bond motifs is 2. The number of carboxylic acid groups (broad SMARTS) is 1. The van der Waals surface area contributed by atoms with E-state index in [4.69, 9.17) is 9.84 Å². The molecule has 37 heavy (non-hydrogen) atoms. The van der Waals surface area contributed by atoms with E-state index in [1.165, 1.54) is 10.9 Å². The van der Waals surface area contributed by atoms with Crippen LogP contribution < -0.4 is 4.74 Å². The molecule has 0 bridgehead atoms. The fraction of sp³-hybridized carbons (Fsp3) is 0.267. The summed E-state index contributed by atoms with van der Waals surface area (Å²) in [5, 5.41) is 16.6. The lowest BCUT2D eigenvalue weighted by molar-refractivity contribution is 0.0696. The third-order valence-corrected chi connectivity index (χ3v) is 7.73. The molecule has 0 spiro atoms. The highest BCUT2D eigenvalue weighted by Gasteiger charge is 2.32. The van der Waals surface area contributed by atoms with E-state index < -0.39 is 5.97 Å². The monoisotopic (exact) mass is 494 g/mol. The van der Waals surface area contributed by atoms with Gasteiger partial charge in [0.05, 0.1) is 24.2 Å². The van der Waals surface area contributed by atoms with Crippen molar-refractivity contribution in [2.45, 2.75) is 38.4 Å². The molecule has 3 aromatic carbocycles. The van der Waals surface area contributed by atoms with Crippen LogP contribution in [0.3, 0.4) is 0 Å². The van der Waals surface area contributed by atoms with Gasteiger partial charge in [-0.1, -0.05) is 30.3 Å². The quantitative estimate of drug-likeness (QED) is 0.298. The Hall–Kier alpha value is -4.10. The lowest BCUT2D eigenvalue weighted by atomic mass is 9.90. The van der Waals surface area contributed by atoms with Crippen molar-refractivity contribution in [1.29, 1.82) is 0 Å². The van der Waals surface area contributed by atoms with Crippen molar-refractivity contribution < 1.29 is 14.6 Å². The summed E-state index contributed by atoms with van der Waals surface area (Å²) in [6.07, 6.45) is 5.98. The number of aromatic amines is 1. The van der Waals surface area contributed by atoms with Gasteiger partial charge < -0.3 is 14.8 Å². The average Bonchev–Trinajstić information content (AvgIpc) is 3.58. The molecule has 188 valence electrons. The van der Waals surface area contributed by atoms with E-state index in [0.29, 0.717) is 5.56 Å². The summed E-state index contributed by atoms with van der Waals surface area (Å²) in [6.45, 7) is 3.71. The standard InChI is InChI=1S/C30H30N4O3/c1-19-15-28(37-2)25(24-11-13-31-29(19)24)18-33-14-12-23(34-17-22-5-3-4-6-26(22)32-34)16-27(33)20-7-9-21(10-8-20)30(35)36/h3-11,13,15,17,23,27,31H,12,14,16,18H2,1-2H3,(H,35,36)/t23-,27?/m0/s1. The van der Waals surface area contributed by atoms with Gasteiger partial charge in [0, 0.05) is 53.4 Å². The topological polar surface area (TPSA) is 83.4 Å². The molecule has 0 saturated carbocycles. The van der Waals surface area contributed by atoms with Gasteiger partial charge in [-0.15, -0.1) is 0 Å². The van der Waals surface area contributed by atoms with Gasteiger partial charge in [-0.2, -0.15) is 5.10 Å². The van der Waals surface area contributed by atoms with Crippen LogP contribution in [0, 0.1) is 6.92 Å². The van der Waals surface area contributed by atoms with Crippen LogP contribution in [-0.4, -0.2) is 44.4 Å². The Balaban J connectivity index is 1.37. The molecule has 1 saturated heterocycles. The number of carboxylic acids is 1. The van der Waals surface area contributed by atoms with E-state index in [1.807, 2.05) is 30.5 Å². The molecule has 7 heteroatoms. The number of piperidine rings is 1. The fourth-order valence-electron chi connectivity index (χ4n) is 5.77. The van der Waals surface area contributed by atoms with Gasteiger partial charge in [-0.05, 0) is 61.2 Å². The Labute approximate surface area is 215 Å². The van der Waals surface area contributed by atoms with Crippen LogP contribution in [0.15, 0.2) is 73.1 Å². The maximum Gasteiger partial charge on any atom is 0.335 e. The molecule has 1 aliphatic rings. The summed E-state index contributed by atoms with van der Waals surface area (Å²) >= 11 is 0. The second-order valence-electron chi connectivity index (χ2n) is 9.90. The minimum atomic E-state index is -0.910. The van der Waals surface area contributed by atoms with Gasteiger partial charge in [-0.3, -0.25) is 9.58 Å². The fourth-order valence-corrected chi connectivity index (χ4v) is 5.77. The van der Waals surface area contributed by atoms with E-state index in [-0.39, 0.29) is 12.1 Å². The van der Waals surface area contributed by atoms with E-state index >= 15 is 0 Å². The highest BCUT2D eigenvalue weighted by molar-refractivity contribution is 5.88. The molecule has 0 amide bonds. The summed E-state index contributed by atoms with van der Waals surface area (Å²) in [4.78, 5) is 17.3. The van der Waals surface area contributed by atoms with Crippen molar-refractivity contribution in [2.24, 2.45) is 0 Å². The lowest BCUT2D eigenvalue weighted by Gasteiger charge is -2.40. The van der Waals surface area contributed by atoms with Crippen molar-refractivity contribution in [3.05, 3.63) is 95.3 Å². The first kappa shape index (κ1) is 23.3. The summed E-state index contributed by atoms with van der Waals surface area (Å²) in [5.41, 5.74) is 5.88. The Morgan fingerprint density at radius 1 is 1.16 bits per heavy atom. The second-order valence-corrected chi connectivity index (χ2v) is 9.90. The van der Waals surface area contributed by atoms with E-state index in [2.05, 4.69) is 52.0 Å². The number of aromatic nitrogens is 3. The maximum atomic E-state index is 11.5. The van der Waals surface area contributed by atoms with Gasteiger partial charge in [0.2, 0.25) is 0 Å². The predicted molar refractivity (Wildman–Crippen MR) is 144 cm³/mol. The van der Waals surface area contributed by atoms with Gasteiger partial charge in [-0.25, -0.2) is 4.79 Å². The van der Waals surface area contributed by atoms with Crippen molar-refractivity contribution in [2.75, 3.05) is 13.7 Å². The zero-order valence-corrected chi connectivity index (χ0v) is 21.0. The molecule has 5 aromatic rings. The first-order chi connectivity index (χ1) is 18.0. The Morgan fingerprint density at radius 3 is 2.73 bits per heavy atom. The van der Waals surface area contributed by atoms with Gasteiger partial charge >= 0.3 is 5.97 Å². The van der Waals surface area contributed by atoms with Crippen LogP contribution >= 0.6 is 0 Å². The number of nitrogens with one attached hydrogen (secondary N) is 1. The highest BCUT2D eigenvalue weighted by Crippen LogP contribution is 2.40. The molecule has 0 aliphatic carbocycles. The van der Waals surface area contributed by atoms with Crippen molar-refractivity contribution >= 4 is 27.8 Å². The van der Waals surface area contributed by atoms with E-state index in [9.17, 15) is 9.90 Å². The molecule has 1 aliphatic heterocycles. The minimum absolute atomic E-state index is 0.105. The van der Waals surface area contributed by atoms with Gasteiger partial charge in [0.1, 0.15) is 5.75 Å². The Bertz CT molecular complexity index is 1550. The van der Waals surface area contributed by atoms with E-state index in [1.54, 1.807) is 19.2 Å². The number of H-pyrrole nitrogens is 1. The molecule has 0 radical (unpaired) electrons. The second kappa shape index (κ2) is 9.41. The SMILES string of the molecule is COc1cc(C)c2[nH]ccc2c1CN1CC[C@H](n2cc3ccccc3n2)CC1c1ccc(C(=O)O)cc1. The normalized spacial score (nSPS) is 18.4. The van der Waals surface area contributed by atoms with Gasteiger partial charge in [0.15, 0.2) is 0 Å². The molecular formula is C30H30N4O3. The smallest absolute Gasteiger partial charge is 0.335 e.